The van der Waals surface area contributed by atoms with Crippen molar-refractivity contribution < 1.29 is 4.39 Å². The number of hydrogen-bond donors (Lipinski definition) is 3. The fourth-order valence-electron chi connectivity index (χ4n) is 1.96. The molecule has 0 aliphatic heterocycles. The van der Waals surface area contributed by atoms with E-state index in [0.717, 1.165) is 5.56 Å². The number of nitrogen functional groups attached to an aromatic ring is 2. The molecule has 0 atom stereocenters. The smallest absolute Gasteiger partial charge is 0.156 e. The molecule has 0 unspecified atom stereocenters. The molecule has 0 saturated heterocycles. The number of benzene rings is 2. The molecule has 1 aromatic heterocycles. The monoisotopic (exact) mass is 242 g/mol. The average Bonchev–Trinajstić information content (AvgIpc) is 2.74. The maximum absolute atomic E-state index is 14.3. The minimum Gasteiger partial charge on any atom is -0.399 e. The van der Waals surface area contributed by atoms with Gasteiger partial charge in [-0.2, -0.15) is 5.10 Å². The normalized spacial score (nSPS) is 10.9. The number of H-pyrrole nitrogens is 1. The second-order valence-electron chi connectivity index (χ2n) is 4.08. The van der Waals surface area contributed by atoms with Gasteiger partial charge in [-0.3, -0.25) is 5.10 Å². The third-order valence-electron chi connectivity index (χ3n) is 2.93. The number of aromatic amines is 1. The number of hydrogen-bond acceptors (Lipinski definition) is 3. The zero-order valence-electron chi connectivity index (χ0n) is 9.44. The third kappa shape index (κ3) is 1.48. The van der Waals surface area contributed by atoms with Crippen molar-refractivity contribution in [2.45, 2.75) is 0 Å². The Kier molecular flexibility index (Phi) is 2.19. The van der Waals surface area contributed by atoms with E-state index < -0.39 is 0 Å². The average molecular weight is 242 g/mol. The topological polar surface area (TPSA) is 80.7 Å². The molecule has 3 rings (SSSR count). The van der Waals surface area contributed by atoms with E-state index in [2.05, 4.69) is 10.2 Å². The van der Waals surface area contributed by atoms with Gasteiger partial charge in [0.2, 0.25) is 0 Å². The highest BCUT2D eigenvalue weighted by Crippen LogP contribution is 2.30. The Bertz CT molecular complexity index is 716. The quantitative estimate of drug-likeness (QED) is 0.573. The molecule has 0 amide bonds. The molecule has 18 heavy (non-hydrogen) atoms. The van der Waals surface area contributed by atoms with E-state index in [9.17, 15) is 4.39 Å². The minimum atomic E-state index is -0.360. The summed E-state index contributed by atoms with van der Waals surface area (Å²) in [5, 5.41) is 6.99. The van der Waals surface area contributed by atoms with Crippen molar-refractivity contribution >= 4 is 22.4 Å². The van der Waals surface area contributed by atoms with Gasteiger partial charge in [-0.15, -0.1) is 0 Å². The highest BCUT2D eigenvalue weighted by atomic mass is 19.1. The summed E-state index contributed by atoms with van der Waals surface area (Å²) in [6.45, 7) is 0. The van der Waals surface area contributed by atoms with Crippen LogP contribution in [0.4, 0.5) is 15.9 Å². The van der Waals surface area contributed by atoms with Crippen molar-refractivity contribution in [2.24, 2.45) is 0 Å². The standard InChI is InChI=1S/C13H11FN4/c14-11-9(7-1-3-8(15)4-2-7)5-6-10-12(11)17-18-13(10)16/h1-6H,15H2,(H3,16,17,18). The van der Waals surface area contributed by atoms with E-state index >= 15 is 0 Å². The molecule has 0 fully saturated rings. The number of nitrogens with two attached hydrogens (primary N) is 2. The summed E-state index contributed by atoms with van der Waals surface area (Å²) in [6.07, 6.45) is 0. The SMILES string of the molecule is Nc1ccc(-c2ccc3c(N)n[nH]c3c2F)cc1. The fraction of sp³-hybridized carbons (Fsp3) is 0. The third-order valence-corrected chi connectivity index (χ3v) is 2.93. The van der Waals surface area contributed by atoms with Gasteiger partial charge in [0, 0.05) is 16.6 Å². The molecule has 2 aromatic carbocycles. The number of aromatic nitrogens is 2. The van der Waals surface area contributed by atoms with E-state index in [0.29, 0.717) is 28.0 Å². The molecular weight excluding hydrogens is 231 g/mol. The van der Waals surface area contributed by atoms with Crippen LogP contribution in [0.15, 0.2) is 36.4 Å². The van der Waals surface area contributed by atoms with Gasteiger partial charge in [-0.05, 0) is 23.8 Å². The number of nitrogens with one attached hydrogen (secondary N) is 1. The number of fused-ring (bicyclic) bond motifs is 1. The van der Waals surface area contributed by atoms with Gasteiger partial charge in [-0.1, -0.05) is 18.2 Å². The maximum atomic E-state index is 14.3. The molecule has 0 aliphatic rings. The Labute approximate surface area is 102 Å². The van der Waals surface area contributed by atoms with Crippen LogP contribution in [0.5, 0.6) is 0 Å². The molecule has 0 bridgehead atoms. The lowest BCUT2D eigenvalue weighted by molar-refractivity contribution is 0.639. The summed E-state index contributed by atoms with van der Waals surface area (Å²) >= 11 is 0. The summed E-state index contributed by atoms with van der Waals surface area (Å²) in [7, 11) is 0. The molecular formula is C13H11FN4. The van der Waals surface area contributed by atoms with Crippen molar-refractivity contribution in [1.82, 2.24) is 10.2 Å². The lowest BCUT2D eigenvalue weighted by Gasteiger charge is -2.04. The van der Waals surface area contributed by atoms with E-state index in [-0.39, 0.29) is 5.82 Å². The van der Waals surface area contributed by atoms with Crippen LogP contribution in [0.25, 0.3) is 22.0 Å². The molecule has 0 spiro atoms. The Hall–Kier alpha value is -2.56. The number of anilines is 2. The molecule has 0 radical (unpaired) electrons. The summed E-state index contributed by atoms with van der Waals surface area (Å²) in [4.78, 5) is 0. The number of rotatable bonds is 1. The van der Waals surface area contributed by atoms with Crippen LogP contribution in [-0.4, -0.2) is 10.2 Å². The molecule has 4 nitrogen and oxygen atoms in total. The first-order chi connectivity index (χ1) is 8.66. The van der Waals surface area contributed by atoms with E-state index in [1.54, 1.807) is 36.4 Å². The number of nitrogens with zero attached hydrogens (tertiary/aromatic N) is 1. The van der Waals surface area contributed by atoms with Gasteiger partial charge < -0.3 is 11.5 Å². The van der Waals surface area contributed by atoms with Gasteiger partial charge in [0.1, 0.15) is 5.52 Å². The van der Waals surface area contributed by atoms with Crippen LogP contribution in [-0.2, 0) is 0 Å². The first-order valence-corrected chi connectivity index (χ1v) is 5.45. The highest BCUT2D eigenvalue weighted by molar-refractivity contribution is 5.92. The molecule has 90 valence electrons. The molecule has 1 heterocycles. The fourth-order valence-corrected chi connectivity index (χ4v) is 1.96. The van der Waals surface area contributed by atoms with Crippen LogP contribution >= 0.6 is 0 Å². The Morgan fingerprint density at radius 1 is 1.00 bits per heavy atom. The largest absolute Gasteiger partial charge is 0.399 e. The van der Waals surface area contributed by atoms with Crippen molar-refractivity contribution in [3.05, 3.63) is 42.2 Å². The Morgan fingerprint density at radius 2 is 1.72 bits per heavy atom. The van der Waals surface area contributed by atoms with Crippen molar-refractivity contribution in [1.29, 1.82) is 0 Å². The summed E-state index contributed by atoms with van der Waals surface area (Å²) in [5.41, 5.74) is 13.5. The second kappa shape index (κ2) is 3.73. The summed E-state index contributed by atoms with van der Waals surface area (Å²) in [6, 6.07) is 10.5. The summed E-state index contributed by atoms with van der Waals surface area (Å²) < 4.78 is 14.3. The van der Waals surface area contributed by atoms with E-state index in [1.807, 2.05) is 0 Å². The molecule has 5 heteroatoms. The summed E-state index contributed by atoms with van der Waals surface area (Å²) in [5.74, 6) is -0.0609. The Morgan fingerprint density at radius 3 is 2.44 bits per heavy atom. The zero-order valence-corrected chi connectivity index (χ0v) is 9.44. The molecule has 0 saturated carbocycles. The predicted octanol–water partition coefficient (Wildman–Crippen LogP) is 2.53. The molecule has 3 aromatic rings. The van der Waals surface area contributed by atoms with Crippen molar-refractivity contribution in [2.75, 3.05) is 11.5 Å². The minimum absolute atomic E-state index is 0.299. The maximum Gasteiger partial charge on any atom is 0.156 e. The second-order valence-corrected chi connectivity index (χ2v) is 4.08. The lowest BCUT2D eigenvalue weighted by Crippen LogP contribution is -1.89. The van der Waals surface area contributed by atoms with Crippen molar-refractivity contribution in [3.63, 3.8) is 0 Å². The predicted molar refractivity (Wildman–Crippen MR) is 70.3 cm³/mol. The first kappa shape index (κ1) is 10.6. The van der Waals surface area contributed by atoms with Gasteiger partial charge in [0.25, 0.3) is 0 Å². The van der Waals surface area contributed by atoms with Crippen molar-refractivity contribution in [3.8, 4) is 11.1 Å². The van der Waals surface area contributed by atoms with E-state index in [4.69, 9.17) is 11.5 Å². The van der Waals surface area contributed by atoms with Gasteiger partial charge in [-0.25, -0.2) is 4.39 Å². The van der Waals surface area contributed by atoms with Crippen LogP contribution in [0, 0.1) is 5.82 Å². The highest BCUT2D eigenvalue weighted by Gasteiger charge is 2.12. The molecule has 0 aliphatic carbocycles. The Balaban J connectivity index is 2.23. The van der Waals surface area contributed by atoms with Crippen LogP contribution in [0.3, 0.4) is 0 Å². The lowest BCUT2D eigenvalue weighted by atomic mass is 10.0. The van der Waals surface area contributed by atoms with Crippen LogP contribution in [0.1, 0.15) is 0 Å². The van der Waals surface area contributed by atoms with E-state index in [1.165, 1.54) is 0 Å². The van der Waals surface area contributed by atoms with Crippen LogP contribution in [0.2, 0.25) is 0 Å². The van der Waals surface area contributed by atoms with Crippen LogP contribution < -0.4 is 11.5 Å². The van der Waals surface area contributed by atoms with Gasteiger partial charge in [0.15, 0.2) is 11.6 Å². The van der Waals surface area contributed by atoms with Gasteiger partial charge >= 0.3 is 0 Å². The zero-order chi connectivity index (χ0) is 12.7. The number of halogens is 1. The first-order valence-electron chi connectivity index (χ1n) is 5.45. The molecule has 5 N–H and O–H groups in total. The van der Waals surface area contributed by atoms with Gasteiger partial charge in [0.05, 0.1) is 0 Å².